The van der Waals surface area contributed by atoms with Gasteiger partial charge in [0.2, 0.25) is 5.69 Å². The molecule has 0 aliphatic heterocycles. The minimum Gasteiger partial charge on any atom is -0.489 e. The van der Waals surface area contributed by atoms with Crippen LogP contribution in [0.4, 0.5) is 5.69 Å². The second kappa shape index (κ2) is 5.65. The number of hydrogen-bond donors (Lipinski definition) is 0. The highest BCUT2D eigenvalue weighted by atomic mass is 79.9. The van der Waals surface area contributed by atoms with Crippen LogP contribution < -0.4 is 4.74 Å². The lowest BCUT2D eigenvalue weighted by atomic mass is 10.2. The number of ether oxygens (including phenoxy) is 1. The van der Waals surface area contributed by atoms with E-state index >= 15 is 0 Å². The lowest BCUT2D eigenvalue weighted by molar-refractivity contribution is 0.303. The lowest BCUT2D eigenvalue weighted by Crippen LogP contribution is -1.97. The molecule has 18 heavy (non-hydrogen) atoms. The molecule has 0 aliphatic rings. The van der Waals surface area contributed by atoms with E-state index in [2.05, 4.69) is 25.8 Å². The Morgan fingerprint density at radius 1 is 1.39 bits per heavy atom. The Morgan fingerprint density at radius 2 is 2.22 bits per heavy atom. The summed E-state index contributed by atoms with van der Waals surface area (Å²) in [5.74, 6) is 0.831. The molecule has 1 aromatic heterocycles. The number of aromatic nitrogens is 1. The minimum absolute atomic E-state index is 0.410. The molecule has 0 N–H and O–H groups in total. The van der Waals surface area contributed by atoms with Gasteiger partial charge in [0.1, 0.15) is 12.4 Å². The summed E-state index contributed by atoms with van der Waals surface area (Å²) in [4.78, 5) is 7.35. The van der Waals surface area contributed by atoms with E-state index in [-0.39, 0.29) is 0 Å². The smallest absolute Gasteiger partial charge is 0.205 e. The normalized spacial score (nSPS) is 9.83. The molecule has 0 spiro atoms. The van der Waals surface area contributed by atoms with E-state index in [0.29, 0.717) is 12.3 Å². The Bertz CT molecular complexity index is 605. The minimum atomic E-state index is 0.410. The van der Waals surface area contributed by atoms with Crippen molar-refractivity contribution in [1.29, 1.82) is 0 Å². The van der Waals surface area contributed by atoms with Crippen LogP contribution in [0.15, 0.2) is 41.1 Å². The van der Waals surface area contributed by atoms with Crippen molar-refractivity contribution < 1.29 is 4.74 Å². The molecule has 0 aliphatic carbocycles. The molecule has 1 aromatic carbocycles. The second-order valence-corrected chi connectivity index (χ2v) is 4.67. The Morgan fingerprint density at radius 3 is 3.00 bits per heavy atom. The van der Waals surface area contributed by atoms with Gasteiger partial charge in [-0.25, -0.2) is 4.85 Å². The number of benzene rings is 1. The van der Waals surface area contributed by atoms with E-state index in [1.54, 1.807) is 18.5 Å². The van der Waals surface area contributed by atoms with Crippen LogP contribution in [0.25, 0.3) is 4.85 Å². The first-order chi connectivity index (χ1) is 8.70. The average molecular weight is 303 g/mol. The van der Waals surface area contributed by atoms with Gasteiger partial charge >= 0.3 is 0 Å². The summed E-state index contributed by atoms with van der Waals surface area (Å²) in [6.45, 7) is 9.34. The maximum absolute atomic E-state index is 6.94. The number of nitrogens with zero attached hydrogens (tertiary/aromatic N) is 2. The van der Waals surface area contributed by atoms with Crippen LogP contribution in [0, 0.1) is 13.5 Å². The van der Waals surface area contributed by atoms with Crippen molar-refractivity contribution >= 4 is 21.6 Å². The molecule has 4 heteroatoms. The van der Waals surface area contributed by atoms with E-state index in [0.717, 1.165) is 21.3 Å². The first kappa shape index (κ1) is 12.6. The fourth-order valence-electron chi connectivity index (χ4n) is 1.52. The molecule has 0 atom stereocenters. The van der Waals surface area contributed by atoms with Crippen LogP contribution in [0.5, 0.6) is 5.75 Å². The molecule has 2 rings (SSSR count). The third-order valence-electron chi connectivity index (χ3n) is 2.52. The van der Waals surface area contributed by atoms with Gasteiger partial charge in [0.05, 0.1) is 6.57 Å². The second-order valence-electron chi connectivity index (χ2n) is 3.81. The largest absolute Gasteiger partial charge is 0.489 e. The van der Waals surface area contributed by atoms with Gasteiger partial charge in [0.15, 0.2) is 0 Å². The molecule has 0 fully saturated rings. The zero-order valence-corrected chi connectivity index (χ0v) is 11.4. The van der Waals surface area contributed by atoms with E-state index < -0.39 is 0 Å². The van der Waals surface area contributed by atoms with Crippen LogP contribution in [-0.4, -0.2) is 4.98 Å². The molecule has 1 heterocycles. The van der Waals surface area contributed by atoms with Crippen LogP contribution in [0.2, 0.25) is 0 Å². The van der Waals surface area contributed by atoms with Crippen LogP contribution in [-0.2, 0) is 6.61 Å². The van der Waals surface area contributed by atoms with E-state index in [9.17, 15) is 0 Å². The van der Waals surface area contributed by atoms with Crippen molar-refractivity contribution in [2.24, 2.45) is 0 Å². The summed E-state index contributed by atoms with van der Waals surface area (Å²) in [7, 11) is 0. The summed E-state index contributed by atoms with van der Waals surface area (Å²) in [6, 6.07) is 7.61. The van der Waals surface area contributed by atoms with Crippen molar-refractivity contribution in [2.45, 2.75) is 13.5 Å². The quantitative estimate of drug-likeness (QED) is 0.791. The average Bonchev–Trinajstić information content (AvgIpc) is 2.41. The molecule has 90 valence electrons. The fraction of sp³-hybridized carbons (Fsp3) is 0.143. The highest BCUT2D eigenvalue weighted by Crippen LogP contribution is 2.26. The predicted octanol–water partition coefficient (Wildman–Crippen LogP) is 4.28. The van der Waals surface area contributed by atoms with Crippen molar-refractivity contribution in [3.8, 4) is 5.75 Å². The molecule has 0 saturated heterocycles. The highest BCUT2D eigenvalue weighted by molar-refractivity contribution is 9.10. The van der Waals surface area contributed by atoms with Crippen LogP contribution in [0.3, 0.4) is 0 Å². The zero-order chi connectivity index (χ0) is 13.0. The Hall–Kier alpha value is -1.86. The van der Waals surface area contributed by atoms with Gasteiger partial charge in [-0.3, -0.25) is 4.98 Å². The lowest BCUT2D eigenvalue weighted by Gasteiger charge is -2.10. The SMILES string of the molecule is [C-]#[N+]c1cncc(COc2cccc(Br)c2C)c1. The molecule has 0 radical (unpaired) electrons. The number of halogens is 1. The summed E-state index contributed by atoms with van der Waals surface area (Å²) in [6.07, 6.45) is 3.25. The molecule has 0 saturated carbocycles. The molecule has 3 nitrogen and oxygen atoms in total. The monoisotopic (exact) mass is 302 g/mol. The van der Waals surface area contributed by atoms with Crippen LogP contribution in [0.1, 0.15) is 11.1 Å². The molecule has 0 amide bonds. The molecular weight excluding hydrogens is 292 g/mol. The maximum atomic E-state index is 6.94. The third kappa shape index (κ3) is 2.88. The maximum Gasteiger partial charge on any atom is 0.205 e. The van der Waals surface area contributed by atoms with Crippen molar-refractivity contribution in [1.82, 2.24) is 4.98 Å². The molecule has 0 unspecified atom stereocenters. The third-order valence-corrected chi connectivity index (χ3v) is 3.38. The Kier molecular flexibility index (Phi) is 3.96. The Labute approximate surface area is 114 Å². The topological polar surface area (TPSA) is 26.5 Å². The van der Waals surface area contributed by atoms with Crippen molar-refractivity contribution in [3.05, 3.63) is 63.7 Å². The highest BCUT2D eigenvalue weighted by Gasteiger charge is 2.03. The van der Waals surface area contributed by atoms with Gasteiger partial charge in [-0.15, -0.1) is 0 Å². The van der Waals surface area contributed by atoms with Gasteiger partial charge in [0, 0.05) is 22.4 Å². The van der Waals surface area contributed by atoms with Gasteiger partial charge in [0.25, 0.3) is 0 Å². The van der Waals surface area contributed by atoms with Crippen molar-refractivity contribution in [3.63, 3.8) is 0 Å². The Balaban J connectivity index is 2.12. The standard InChI is InChI=1S/C14H11BrN2O/c1-10-13(15)4-3-5-14(10)18-9-11-6-12(16-2)8-17-7-11/h3-8H,9H2,1H3. The predicted molar refractivity (Wildman–Crippen MR) is 73.7 cm³/mol. The van der Waals surface area contributed by atoms with Crippen LogP contribution >= 0.6 is 15.9 Å². The zero-order valence-electron chi connectivity index (χ0n) is 9.85. The molecule has 0 bridgehead atoms. The first-order valence-electron chi connectivity index (χ1n) is 5.40. The first-order valence-corrected chi connectivity index (χ1v) is 6.19. The summed E-state index contributed by atoms with van der Waals surface area (Å²) in [5, 5.41) is 0. The summed E-state index contributed by atoms with van der Waals surface area (Å²) in [5.41, 5.74) is 2.48. The number of hydrogen-bond acceptors (Lipinski definition) is 2. The molecule has 2 aromatic rings. The van der Waals surface area contributed by atoms with Gasteiger partial charge in [-0.1, -0.05) is 22.0 Å². The number of rotatable bonds is 3. The fourth-order valence-corrected chi connectivity index (χ4v) is 1.87. The number of pyridine rings is 1. The summed E-state index contributed by atoms with van der Waals surface area (Å²) < 4.78 is 6.75. The van der Waals surface area contributed by atoms with Gasteiger partial charge in [-0.05, 0) is 30.7 Å². The molecular formula is C14H11BrN2O. The van der Waals surface area contributed by atoms with Gasteiger partial charge < -0.3 is 4.74 Å². The van der Waals surface area contributed by atoms with Crippen molar-refractivity contribution in [2.75, 3.05) is 0 Å². The van der Waals surface area contributed by atoms with E-state index in [1.165, 1.54) is 0 Å². The summed E-state index contributed by atoms with van der Waals surface area (Å²) >= 11 is 3.46. The van der Waals surface area contributed by atoms with E-state index in [4.69, 9.17) is 11.3 Å². The van der Waals surface area contributed by atoms with Gasteiger partial charge in [-0.2, -0.15) is 0 Å². The van der Waals surface area contributed by atoms with E-state index in [1.807, 2.05) is 25.1 Å².